The third kappa shape index (κ3) is 2.97. The lowest BCUT2D eigenvalue weighted by Crippen LogP contribution is -1.97. The van der Waals surface area contributed by atoms with Gasteiger partial charge in [0.05, 0.1) is 10.6 Å². The first-order valence-electron chi connectivity index (χ1n) is 7.90. The molecule has 4 nitrogen and oxygen atoms in total. The molecular weight excluding hydrogens is 326 g/mol. The van der Waals surface area contributed by atoms with Crippen molar-refractivity contribution in [3.05, 3.63) is 59.2 Å². The Balaban J connectivity index is 1.59. The zero-order valence-corrected chi connectivity index (χ0v) is 13.7. The van der Waals surface area contributed by atoms with Crippen LogP contribution in [-0.4, -0.2) is 15.6 Å². The third-order valence-corrected chi connectivity index (χ3v) is 4.60. The Morgan fingerprint density at radius 2 is 2.04 bits per heavy atom. The van der Waals surface area contributed by atoms with Gasteiger partial charge in [-0.2, -0.15) is 0 Å². The van der Waals surface area contributed by atoms with Gasteiger partial charge < -0.3 is 14.4 Å². The second-order valence-electron chi connectivity index (χ2n) is 6.18. The highest BCUT2D eigenvalue weighted by molar-refractivity contribution is 6.32. The van der Waals surface area contributed by atoms with E-state index in [2.05, 4.69) is 16.8 Å². The lowest BCUT2D eigenvalue weighted by molar-refractivity contribution is 0.0697. The molecule has 0 amide bonds. The van der Waals surface area contributed by atoms with Crippen molar-refractivity contribution in [3.63, 3.8) is 0 Å². The molecule has 0 radical (unpaired) electrons. The Labute approximate surface area is 144 Å². The molecule has 0 aliphatic heterocycles. The van der Waals surface area contributed by atoms with Crippen molar-refractivity contribution in [1.29, 1.82) is 0 Å². The van der Waals surface area contributed by atoms with E-state index in [1.165, 1.54) is 30.5 Å². The van der Waals surface area contributed by atoms with E-state index < -0.39 is 5.97 Å². The van der Waals surface area contributed by atoms with Crippen LogP contribution in [-0.2, 0) is 6.54 Å². The molecule has 1 N–H and O–H groups in total. The highest BCUT2D eigenvalue weighted by Crippen LogP contribution is 2.34. The molecule has 0 saturated heterocycles. The van der Waals surface area contributed by atoms with Gasteiger partial charge in [0.25, 0.3) is 0 Å². The van der Waals surface area contributed by atoms with Crippen molar-refractivity contribution in [2.45, 2.75) is 19.4 Å². The number of carboxylic acids is 1. The van der Waals surface area contributed by atoms with Crippen molar-refractivity contribution >= 4 is 28.5 Å². The normalized spacial score (nSPS) is 14.0. The molecule has 0 spiro atoms. The summed E-state index contributed by atoms with van der Waals surface area (Å²) in [5.74, 6) is 0.931. The van der Waals surface area contributed by atoms with Crippen LogP contribution in [0.15, 0.2) is 48.7 Å². The summed E-state index contributed by atoms with van der Waals surface area (Å²) in [6, 6.07) is 12.5. The van der Waals surface area contributed by atoms with Gasteiger partial charge in [0.2, 0.25) is 0 Å². The zero-order valence-electron chi connectivity index (χ0n) is 12.9. The van der Waals surface area contributed by atoms with Crippen LogP contribution >= 0.6 is 11.6 Å². The number of aromatic nitrogens is 1. The summed E-state index contributed by atoms with van der Waals surface area (Å²) in [5, 5.41) is 10.4. The maximum Gasteiger partial charge on any atom is 0.335 e. The molecule has 1 aliphatic rings. The molecule has 1 aliphatic carbocycles. The zero-order chi connectivity index (χ0) is 16.7. The minimum Gasteiger partial charge on any atom is -0.478 e. The summed E-state index contributed by atoms with van der Waals surface area (Å²) >= 11 is 6.12. The molecule has 2 aromatic carbocycles. The standard InChI is InChI=1S/C19H16ClNO3/c20-16-10-14(19(22)23)3-6-18(16)24-15-4-5-17-13(9-15)7-8-21(17)11-12-1-2-12/h3-10,12H,1-2,11H2,(H,22,23). The van der Waals surface area contributed by atoms with Gasteiger partial charge >= 0.3 is 5.97 Å². The fourth-order valence-corrected chi connectivity index (χ4v) is 3.04. The summed E-state index contributed by atoms with van der Waals surface area (Å²) in [6.07, 6.45) is 4.76. The van der Waals surface area contributed by atoms with Crippen LogP contribution in [0.5, 0.6) is 11.5 Å². The van der Waals surface area contributed by atoms with Crippen molar-refractivity contribution < 1.29 is 14.6 Å². The van der Waals surface area contributed by atoms with E-state index in [0.29, 0.717) is 11.5 Å². The molecule has 1 saturated carbocycles. The number of halogens is 1. The van der Waals surface area contributed by atoms with Gasteiger partial charge in [-0.3, -0.25) is 0 Å². The maximum absolute atomic E-state index is 11.0. The lowest BCUT2D eigenvalue weighted by Gasteiger charge is -2.09. The van der Waals surface area contributed by atoms with Crippen LogP contribution in [0, 0.1) is 5.92 Å². The van der Waals surface area contributed by atoms with Crippen LogP contribution in [0.1, 0.15) is 23.2 Å². The molecule has 24 heavy (non-hydrogen) atoms. The second-order valence-corrected chi connectivity index (χ2v) is 6.59. The molecule has 1 aromatic heterocycles. The number of carbonyl (C=O) groups is 1. The van der Waals surface area contributed by atoms with E-state index in [1.54, 1.807) is 6.07 Å². The minimum absolute atomic E-state index is 0.139. The molecule has 0 atom stereocenters. The van der Waals surface area contributed by atoms with E-state index in [0.717, 1.165) is 17.8 Å². The summed E-state index contributed by atoms with van der Waals surface area (Å²) in [6.45, 7) is 1.08. The number of carboxylic acid groups (broad SMARTS) is 1. The first-order chi connectivity index (χ1) is 11.6. The molecule has 1 heterocycles. The first-order valence-corrected chi connectivity index (χ1v) is 8.27. The van der Waals surface area contributed by atoms with Crippen LogP contribution < -0.4 is 4.74 Å². The molecule has 3 aromatic rings. The largest absolute Gasteiger partial charge is 0.478 e. The third-order valence-electron chi connectivity index (χ3n) is 4.30. The topological polar surface area (TPSA) is 51.5 Å². The number of nitrogens with zero attached hydrogens (tertiary/aromatic N) is 1. The van der Waals surface area contributed by atoms with Gasteiger partial charge in [-0.15, -0.1) is 0 Å². The average molecular weight is 342 g/mol. The number of hydrogen-bond acceptors (Lipinski definition) is 2. The average Bonchev–Trinajstić information content (AvgIpc) is 3.29. The van der Waals surface area contributed by atoms with Crippen LogP contribution in [0.4, 0.5) is 0 Å². The molecule has 5 heteroatoms. The van der Waals surface area contributed by atoms with Crippen LogP contribution in [0.2, 0.25) is 5.02 Å². The Hall–Kier alpha value is -2.46. The van der Waals surface area contributed by atoms with E-state index in [1.807, 2.05) is 18.2 Å². The van der Waals surface area contributed by atoms with Gasteiger partial charge in [0, 0.05) is 23.6 Å². The van der Waals surface area contributed by atoms with Gasteiger partial charge in [-0.25, -0.2) is 4.79 Å². The Morgan fingerprint density at radius 3 is 2.75 bits per heavy atom. The van der Waals surface area contributed by atoms with Gasteiger partial charge in [-0.05, 0) is 61.2 Å². The summed E-state index contributed by atoms with van der Waals surface area (Å²) in [5.41, 5.74) is 1.33. The summed E-state index contributed by atoms with van der Waals surface area (Å²) < 4.78 is 8.10. The van der Waals surface area contributed by atoms with E-state index in [-0.39, 0.29) is 10.6 Å². The van der Waals surface area contributed by atoms with Crippen LogP contribution in [0.3, 0.4) is 0 Å². The van der Waals surface area contributed by atoms with E-state index in [4.69, 9.17) is 21.4 Å². The highest BCUT2D eigenvalue weighted by Gasteiger charge is 2.22. The van der Waals surface area contributed by atoms with E-state index >= 15 is 0 Å². The minimum atomic E-state index is -1.01. The Bertz CT molecular complexity index is 928. The molecular formula is C19H16ClNO3. The summed E-state index contributed by atoms with van der Waals surface area (Å²) in [7, 11) is 0. The molecule has 1 fully saturated rings. The quantitative estimate of drug-likeness (QED) is 0.694. The number of hydrogen-bond donors (Lipinski definition) is 1. The number of aromatic carboxylic acids is 1. The van der Waals surface area contributed by atoms with Gasteiger partial charge in [0.1, 0.15) is 11.5 Å². The fourth-order valence-electron chi connectivity index (χ4n) is 2.82. The highest BCUT2D eigenvalue weighted by atomic mass is 35.5. The molecule has 4 rings (SSSR count). The van der Waals surface area contributed by atoms with Crippen molar-refractivity contribution in [3.8, 4) is 11.5 Å². The van der Waals surface area contributed by atoms with Crippen molar-refractivity contribution in [2.75, 3.05) is 0 Å². The molecule has 0 bridgehead atoms. The Morgan fingerprint density at radius 1 is 1.21 bits per heavy atom. The van der Waals surface area contributed by atoms with Crippen molar-refractivity contribution in [2.24, 2.45) is 5.92 Å². The SMILES string of the molecule is O=C(O)c1ccc(Oc2ccc3c(ccn3CC3CC3)c2)c(Cl)c1. The predicted octanol–water partition coefficient (Wildman–Crippen LogP) is 5.20. The number of rotatable bonds is 5. The fraction of sp³-hybridized carbons (Fsp3) is 0.211. The smallest absolute Gasteiger partial charge is 0.335 e. The first kappa shape index (κ1) is 15.1. The maximum atomic E-state index is 11.0. The van der Waals surface area contributed by atoms with E-state index in [9.17, 15) is 4.79 Å². The van der Waals surface area contributed by atoms with Crippen LogP contribution in [0.25, 0.3) is 10.9 Å². The molecule has 0 unspecified atom stereocenters. The van der Waals surface area contributed by atoms with Crippen molar-refractivity contribution in [1.82, 2.24) is 4.57 Å². The number of benzene rings is 2. The molecule has 122 valence electrons. The Kier molecular flexibility index (Phi) is 3.69. The lowest BCUT2D eigenvalue weighted by atomic mass is 10.2. The van der Waals surface area contributed by atoms with Gasteiger partial charge in [-0.1, -0.05) is 11.6 Å². The second kappa shape index (κ2) is 5.87. The summed E-state index contributed by atoms with van der Waals surface area (Å²) in [4.78, 5) is 11.0. The number of fused-ring (bicyclic) bond motifs is 1. The monoisotopic (exact) mass is 341 g/mol. The van der Waals surface area contributed by atoms with Gasteiger partial charge in [0.15, 0.2) is 0 Å². The number of ether oxygens (including phenoxy) is 1. The predicted molar refractivity (Wildman–Crippen MR) is 93.1 cm³/mol.